The molecule has 1 aromatic heterocycles. The van der Waals surface area contributed by atoms with E-state index in [1.807, 2.05) is 0 Å². The van der Waals surface area contributed by atoms with Gasteiger partial charge < -0.3 is 10.4 Å². The first kappa shape index (κ1) is 12.4. The Morgan fingerprint density at radius 2 is 2.17 bits per heavy atom. The van der Waals surface area contributed by atoms with Crippen molar-refractivity contribution < 1.29 is 18.7 Å². The molecule has 0 atom stereocenters. The molecule has 0 saturated carbocycles. The summed E-state index contributed by atoms with van der Waals surface area (Å²) in [6.45, 7) is 1.63. The Balaban J connectivity index is 2.39. The van der Waals surface area contributed by atoms with Crippen molar-refractivity contribution in [3.05, 3.63) is 40.5 Å². The molecule has 0 amide bonds. The Hall–Kier alpha value is -2.02. The van der Waals surface area contributed by atoms with Crippen LogP contribution in [0.15, 0.2) is 18.2 Å². The van der Waals surface area contributed by atoms with Gasteiger partial charge in [-0.05, 0) is 19.1 Å². The van der Waals surface area contributed by atoms with Gasteiger partial charge in [-0.15, -0.1) is 11.3 Å². The monoisotopic (exact) mass is 270 g/mol. The van der Waals surface area contributed by atoms with Crippen molar-refractivity contribution >= 4 is 28.0 Å². The van der Waals surface area contributed by atoms with Crippen LogP contribution in [0.1, 0.15) is 15.5 Å². The highest BCUT2D eigenvalue weighted by molar-refractivity contribution is 7.16. The predicted octanol–water partition coefficient (Wildman–Crippen LogP) is 3.17. The predicted molar refractivity (Wildman–Crippen MR) is 63.5 cm³/mol. The molecule has 1 aromatic carbocycles. The molecule has 0 aliphatic rings. The lowest BCUT2D eigenvalue weighted by atomic mass is 10.3. The van der Waals surface area contributed by atoms with Gasteiger partial charge in [0.25, 0.3) is 0 Å². The van der Waals surface area contributed by atoms with Crippen molar-refractivity contribution in [2.75, 3.05) is 5.32 Å². The molecule has 0 aliphatic heterocycles. The number of halogens is 2. The zero-order valence-electron chi connectivity index (χ0n) is 9.20. The van der Waals surface area contributed by atoms with Gasteiger partial charge >= 0.3 is 5.97 Å². The van der Waals surface area contributed by atoms with Crippen LogP contribution in [0.4, 0.5) is 19.5 Å². The van der Waals surface area contributed by atoms with Gasteiger partial charge in [0.05, 0.1) is 10.7 Å². The molecule has 2 N–H and O–H groups in total. The van der Waals surface area contributed by atoms with Crippen molar-refractivity contribution in [2.45, 2.75) is 6.92 Å². The van der Waals surface area contributed by atoms with Crippen LogP contribution < -0.4 is 5.32 Å². The summed E-state index contributed by atoms with van der Waals surface area (Å²) in [5.74, 6) is -2.51. The molecule has 2 rings (SSSR count). The van der Waals surface area contributed by atoms with Crippen molar-refractivity contribution in [3.63, 3.8) is 0 Å². The number of thiazole rings is 1. The molecule has 1 heterocycles. The smallest absolute Gasteiger partial charge is 0.357 e. The first-order valence-corrected chi connectivity index (χ1v) is 5.72. The van der Waals surface area contributed by atoms with Crippen molar-refractivity contribution in [1.29, 1.82) is 0 Å². The lowest BCUT2D eigenvalue weighted by Crippen LogP contribution is -2.02. The maximum absolute atomic E-state index is 13.4. The maximum Gasteiger partial charge on any atom is 0.357 e. The quantitative estimate of drug-likeness (QED) is 0.899. The number of aromatic nitrogens is 1. The summed E-state index contributed by atoms with van der Waals surface area (Å²) in [6, 6.07) is 2.90. The van der Waals surface area contributed by atoms with Crippen LogP contribution in [0.2, 0.25) is 0 Å². The number of hydrogen-bond donors (Lipinski definition) is 2. The Morgan fingerprint density at radius 3 is 2.83 bits per heavy atom. The van der Waals surface area contributed by atoms with Crippen molar-refractivity contribution in [2.24, 2.45) is 0 Å². The van der Waals surface area contributed by atoms with Gasteiger partial charge in [0.1, 0.15) is 16.6 Å². The minimum absolute atomic E-state index is 0.124. The van der Waals surface area contributed by atoms with E-state index in [9.17, 15) is 13.6 Å². The number of nitrogens with zero attached hydrogens (tertiary/aromatic N) is 1. The van der Waals surface area contributed by atoms with Gasteiger partial charge in [-0.3, -0.25) is 0 Å². The van der Waals surface area contributed by atoms with Crippen LogP contribution in [0, 0.1) is 18.6 Å². The highest BCUT2D eigenvalue weighted by Gasteiger charge is 2.17. The second-order valence-corrected chi connectivity index (χ2v) is 4.67. The minimum atomic E-state index is -1.22. The molecule has 0 saturated heterocycles. The summed E-state index contributed by atoms with van der Waals surface area (Å²) in [5.41, 5.74) is -0.331. The second kappa shape index (κ2) is 4.69. The molecule has 94 valence electrons. The zero-order valence-corrected chi connectivity index (χ0v) is 10.0. The summed E-state index contributed by atoms with van der Waals surface area (Å²) >= 11 is 1.06. The average molecular weight is 270 g/mol. The van der Waals surface area contributed by atoms with E-state index in [1.165, 1.54) is 0 Å². The van der Waals surface area contributed by atoms with E-state index in [4.69, 9.17) is 5.11 Å². The fourth-order valence-corrected chi connectivity index (χ4v) is 2.20. The van der Waals surface area contributed by atoms with Crippen molar-refractivity contribution in [3.8, 4) is 0 Å². The highest BCUT2D eigenvalue weighted by atomic mass is 32.1. The second-order valence-electron chi connectivity index (χ2n) is 3.46. The molecule has 0 unspecified atom stereocenters. The summed E-state index contributed by atoms with van der Waals surface area (Å²) in [5, 5.41) is 12.2. The van der Waals surface area contributed by atoms with Crippen LogP contribution in [0.3, 0.4) is 0 Å². The first-order valence-electron chi connectivity index (χ1n) is 4.90. The number of carboxylic acids is 1. The van der Waals surface area contributed by atoms with Crippen LogP contribution in [-0.2, 0) is 0 Å². The fourth-order valence-electron chi connectivity index (χ4n) is 1.37. The lowest BCUT2D eigenvalue weighted by Gasteiger charge is -2.05. The van der Waals surface area contributed by atoms with Crippen LogP contribution in [0.5, 0.6) is 0 Å². The molecule has 4 nitrogen and oxygen atoms in total. The van der Waals surface area contributed by atoms with E-state index in [2.05, 4.69) is 10.3 Å². The number of aryl methyl sites for hydroxylation is 1. The number of carbonyl (C=O) groups is 1. The SMILES string of the molecule is Cc1nc(C(=O)O)c(Nc2cc(F)ccc2F)s1. The molecule has 2 aromatic rings. The summed E-state index contributed by atoms with van der Waals surface area (Å²) < 4.78 is 26.4. The number of rotatable bonds is 3. The molecule has 18 heavy (non-hydrogen) atoms. The molecular weight excluding hydrogens is 262 g/mol. The maximum atomic E-state index is 13.4. The Labute approximate surface area is 105 Å². The van der Waals surface area contributed by atoms with Gasteiger partial charge in [-0.1, -0.05) is 0 Å². The minimum Gasteiger partial charge on any atom is -0.476 e. The Bertz CT molecular complexity index is 613. The standard InChI is InChI=1S/C11H8F2N2O2S/c1-5-14-9(11(16)17)10(18-5)15-8-4-6(12)2-3-7(8)13/h2-4,15H,1H3,(H,16,17). The van der Waals surface area contributed by atoms with E-state index in [0.717, 1.165) is 29.5 Å². The molecule has 0 fully saturated rings. The summed E-state index contributed by atoms with van der Waals surface area (Å²) in [4.78, 5) is 14.7. The molecule has 0 bridgehead atoms. The van der Waals surface area contributed by atoms with E-state index in [-0.39, 0.29) is 16.4 Å². The fraction of sp³-hybridized carbons (Fsp3) is 0.0909. The van der Waals surface area contributed by atoms with Crippen LogP contribution >= 0.6 is 11.3 Å². The normalized spacial score (nSPS) is 10.4. The number of anilines is 2. The Kier molecular flexibility index (Phi) is 3.24. The lowest BCUT2D eigenvalue weighted by molar-refractivity contribution is 0.0692. The van der Waals surface area contributed by atoms with E-state index in [1.54, 1.807) is 6.92 Å². The van der Waals surface area contributed by atoms with Crippen LogP contribution in [-0.4, -0.2) is 16.1 Å². The third-order valence-electron chi connectivity index (χ3n) is 2.11. The number of hydrogen-bond acceptors (Lipinski definition) is 4. The van der Waals surface area contributed by atoms with E-state index >= 15 is 0 Å². The van der Waals surface area contributed by atoms with Gasteiger partial charge in [0.15, 0.2) is 5.69 Å². The largest absolute Gasteiger partial charge is 0.476 e. The van der Waals surface area contributed by atoms with E-state index in [0.29, 0.717) is 5.01 Å². The first-order chi connectivity index (χ1) is 8.47. The van der Waals surface area contributed by atoms with Gasteiger partial charge in [0, 0.05) is 6.07 Å². The average Bonchev–Trinajstić information content (AvgIpc) is 2.65. The Morgan fingerprint density at radius 1 is 1.44 bits per heavy atom. The summed E-state index contributed by atoms with van der Waals surface area (Å²) in [7, 11) is 0. The molecular formula is C11H8F2N2O2S. The van der Waals surface area contributed by atoms with Gasteiger partial charge in [-0.25, -0.2) is 18.6 Å². The van der Waals surface area contributed by atoms with Crippen LogP contribution in [0.25, 0.3) is 0 Å². The topological polar surface area (TPSA) is 62.2 Å². The zero-order chi connectivity index (χ0) is 13.3. The van der Waals surface area contributed by atoms with Gasteiger partial charge in [-0.2, -0.15) is 0 Å². The number of nitrogens with one attached hydrogen (secondary N) is 1. The summed E-state index contributed by atoms with van der Waals surface area (Å²) in [6.07, 6.45) is 0. The third kappa shape index (κ3) is 2.45. The number of aromatic carboxylic acids is 1. The molecule has 7 heteroatoms. The molecule has 0 aliphatic carbocycles. The third-order valence-corrected chi connectivity index (χ3v) is 3.00. The highest BCUT2D eigenvalue weighted by Crippen LogP contribution is 2.29. The van der Waals surface area contributed by atoms with Gasteiger partial charge in [0.2, 0.25) is 0 Å². The van der Waals surface area contributed by atoms with E-state index < -0.39 is 17.6 Å². The molecule has 0 radical (unpaired) electrons. The number of benzene rings is 1. The number of carboxylic acid groups (broad SMARTS) is 1. The van der Waals surface area contributed by atoms with Crippen molar-refractivity contribution in [1.82, 2.24) is 4.98 Å². The molecule has 0 spiro atoms.